The standard InChI is InChI=1S/C19H32N4O2/c1-19(2,25)15-22(4)18(24)20-17(16-8-6-5-7-9-16)14-23-12-10-21(3)11-13-23/h5-9,17,25H,10-15H2,1-4H3,(H,20,24). The van der Waals surface area contributed by atoms with Gasteiger partial charge in [0.2, 0.25) is 0 Å². The van der Waals surface area contributed by atoms with Gasteiger partial charge in [0.25, 0.3) is 0 Å². The van der Waals surface area contributed by atoms with Crippen molar-refractivity contribution in [1.82, 2.24) is 20.0 Å². The molecule has 0 spiro atoms. The van der Waals surface area contributed by atoms with Crippen molar-refractivity contribution in [3.05, 3.63) is 35.9 Å². The summed E-state index contributed by atoms with van der Waals surface area (Å²) >= 11 is 0. The SMILES string of the molecule is CN1CCN(CC(NC(=O)N(C)CC(C)(C)O)c2ccccc2)CC1. The molecule has 0 aliphatic carbocycles. The summed E-state index contributed by atoms with van der Waals surface area (Å²) in [4.78, 5) is 18.8. The zero-order chi connectivity index (χ0) is 18.4. The van der Waals surface area contributed by atoms with Crippen molar-refractivity contribution >= 4 is 6.03 Å². The number of urea groups is 1. The van der Waals surface area contributed by atoms with Crippen LogP contribution >= 0.6 is 0 Å². The number of carbonyl (C=O) groups is 1. The normalized spacial score (nSPS) is 18.0. The highest BCUT2D eigenvalue weighted by Crippen LogP contribution is 2.16. The van der Waals surface area contributed by atoms with Gasteiger partial charge in [-0.2, -0.15) is 0 Å². The van der Waals surface area contributed by atoms with Crippen LogP contribution < -0.4 is 5.32 Å². The molecule has 1 heterocycles. The second-order valence-electron chi connectivity index (χ2n) is 7.69. The van der Waals surface area contributed by atoms with Gasteiger partial charge < -0.3 is 20.2 Å². The van der Waals surface area contributed by atoms with E-state index in [0.717, 1.165) is 38.3 Å². The molecule has 0 bridgehead atoms. The topological polar surface area (TPSA) is 59.0 Å². The number of nitrogens with zero attached hydrogens (tertiary/aromatic N) is 3. The van der Waals surface area contributed by atoms with E-state index in [1.165, 1.54) is 0 Å². The summed E-state index contributed by atoms with van der Waals surface area (Å²) in [5.41, 5.74) is 0.192. The minimum absolute atomic E-state index is 0.0682. The number of hydrogen-bond donors (Lipinski definition) is 2. The van der Waals surface area contributed by atoms with E-state index in [1.807, 2.05) is 18.2 Å². The molecule has 1 saturated heterocycles. The molecule has 0 saturated carbocycles. The van der Waals surface area contributed by atoms with Crippen molar-refractivity contribution in [3.8, 4) is 0 Å². The first kappa shape index (κ1) is 19.7. The fourth-order valence-electron chi connectivity index (χ4n) is 3.12. The second-order valence-corrected chi connectivity index (χ2v) is 7.69. The molecule has 1 aromatic rings. The minimum Gasteiger partial charge on any atom is -0.389 e. The van der Waals surface area contributed by atoms with Crippen molar-refractivity contribution < 1.29 is 9.90 Å². The van der Waals surface area contributed by atoms with Crippen LogP contribution in [0.3, 0.4) is 0 Å². The third-order valence-corrected chi connectivity index (χ3v) is 4.51. The van der Waals surface area contributed by atoms with Crippen LogP contribution in [0.1, 0.15) is 25.5 Å². The average Bonchev–Trinajstić information content (AvgIpc) is 2.55. The lowest BCUT2D eigenvalue weighted by Crippen LogP contribution is -2.50. The molecular formula is C19H32N4O2. The first-order valence-electron chi connectivity index (χ1n) is 8.94. The van der Waals surface area contributed by atoms with Crippen LogP contribution in [0.25, 0.3) is 0 Å². The fourth-order valence-corrected chi connectivity index (χ4v) is 3.12. The predicted molar refractivity (Wildman–Crippen MR) is 101 cm³/mol. The highest BCUT2D eigenvalue weighted by molar-refractivity contribution is 5.74. The van der Waals surface area contributed by atoms with Crippen molar-refractivity contribution in [2.45, 2.75) is 25.5 Å². The van der Waals surface area contributed by atoms with E-state index in [9.17, 15) is 9.90 Å². The lowest BCUT2D eigenvalue weighted by atomic mass is 10.1. The average molecular weight is 348 g/mol. The summed E-state index contributed by atoms with van der Waals surface area (Å²) in [5.74, 6) is 0. The van der Waals surface area contributed by atoms with Gasteiger partial charge in [0.15, 0.2) is 0 Å². The van der Waals surface area contributed by atoms with Gasteiger partial charge in [-0.25, -0.2) is 4.79 Å². The lowest BCUT2D eigenvalue weighted by Gasteiger charge is -2.35. The summed E-state index contributed by atoms with van der Waals surface area (Å²) in [6.07, 6.45) is 0. The molecule has 0 radical (unpaired) electrons. The summed E-state index contributed by atoms with van der Waals surface area (Å²) in [6.45, 7) is 8.60. The Labute approximate surface area is 151 Å². The molecule has 1 fully saturated rings. The number of aliphatic hydroxyl groups is 1. The second kappa shape index (κ2) is 8.65. The molecule has 2 amide bonds. The molecule has 1 atom stereocenters. The van der Waals surface area contributed by atoms with Gasteiger partial charge in [0.1, 0.15) is 0 Å². The Kier molecular flexibility index (Phi) is 6.81. The van der Waals surface area contributed by atoms with Gasteiger partial charge in [-0.15, -0.1) is 0 Å². The molecule has 140 valence electrons. The number of piperazine rings is 1. The molecule has 2 N–H and O–H groups in total. The van der Waals surface area contributed by atoms with E-state index in [0.29, 0.717) is 0 Å². The molecule has 6 nitrogen and oxygen atoms in total. The third-order valence-electron chi connectivity index (χ3n) is 4.51. The van der Waals surface area contributed by atoms with Crippen LogP contribution in [0.5, 0.6) is 0 Å². The van der Waals surface area contributed by atoms with Gasteiger partial charge in [-0.3, -0.25) is 4.90 Å². The Morgan fingerprint density at radius 3 is 2.40 bits per heavy atom. The predicted octanol–water partition coefficient (Wildman–Crippen LogP) is 1.39. The number of benzene rings is 1. The highest BCUT2D eigenvalue weighted by Gasteiger charge is 2.24. The molecule has 6 heteroatoms. The number of amides is 2. The van der Waals surface area contributed by atoms with Crippen molar-refractivity contribution in [3.63, 3.8) is 0 Å². The van der Waals surface area contributed by atoms with Crippen molar-refractivity contribution in [2.24, 2.45) is 0 Å². The minimum atomic E-state index is -0.911. The highest BCUT2D eigenvalue weighted by atomic mass is 16.3. The largest absolute Gasteiger partial charge is 0.389 e. The van der Waals surface area contributed by atoms with E-state index < -0.39 is 5.60 Å². The van der Waals surface area contributed by atoms with Crippen LogP contribution in [0, 0.1) is 0 Å². The van der Waals surface area contributed by atoms with Crippen LogP contribution in [-0.4, -0.2) is 84.8 Å². The Balaban J connectivity index is 2.03. The first-order chi connectivity index (χ1) is 11.7. The van der Waals surface area contributed by atoms with E-state index in [-0.39, 0.29) is 18.6 Å². The Bertz CT molecular complexity index is 536. The van der Waals surface area contributed by atoms with Gasteiger partial charge in [-0.1, -0.05) is 30.3 Å². The van der Waals surface area contributed by atoms with Gasteiger partial charge in [0.05, 0.1) is 18.2 Å². The van der Waals surface area contributed by atoms with Gasteiger partial charge in [-0.05, 0) is 26.5 Å². The molecule has 1 aliphatic heterocycles. The van der Waals surface area contributed by atoms with Crippen LogP contribution in [0.2, 0.25) is 0 Å². The van der Waals surface area contributed by atoms with Gasteiger partial charge >= 0.3 is 6.03 Å². The molecular weight excluding hydrogens is 316 g/mol. The third kappa shape index (κ3) is 6.65. The summed E-state index contributed by atoms with van der Waals surface area (Å²) in [6, 6.07) is 9.86. The van der Waals surface area contributed by atoms with Crippen LogP contribution in [0.15, 0.2) is 30.3 Å². The number of carbonyl (C=O) groups excluding carboxylic acids is 1. The maximum Gasteiger partial charge on any atom is 0.317 e. The van der Waals surface area contributed by atoms with E-state index in [4.69, 9.17) is 0 Å². The molecule has 1 aliphatic rings. The van der Waals surface area contributed by atoms with Crippen LogP contribution in [0.4, 0.5) is 4.79 Å². The van der Waals surface area contributed by atoms with E-state index in [1.54, 1.807) is 25.8 Å². The zero-order valence-corrected chi connectivity index (χ0v) is 15.9. The zero-order valence-electron chi connectivity index (χ0n) is 15.9. The van der Waals surface area contributed by atoms with Crippen LogP contribution in [-0.2, 0) is 0 Å². The summed E-state index contributed by atoms with van der Waals surface area (Å²) < 4.78 is 0. The van der Waals surface area contributed by atoms with Crippen molar-refractivity contribution in [2.75, 3.05) is 53.4 Å². The summed E-state index contributed by atoms with van der Waals surface area (Å²) in [5, 5.41) is 13.1. The smallest absolute Gasteiger partial charge is 0.317 e. The summed E-state index contributed by atoms with van der Waals surface area (Å²) in [7, 11) is 3.85. The molecule has 0 aromatic heterocycles. The quantitative estimate of drug-likeness (QED) is 0.816. The van der Waals surface area contributed by atoms with E-state index >= 15 is 0 Å². The maximum absolute atomic E-state index is 12.6. The number of nitrogens with one attached hydrogen (secondary N) is 1. The molecule has 1 unspecified atom stereocenters. The Hall–Kier alpha value is -1.63. The monoisotopic (exact) mass is 348 g/mol. The Morgan fingerprint density at radius 2 is 1.84 bits per heavy atom. The maximum atomic E-state index is 12.6. The van der Waals surface area contributed by atoms with Gasteiger partial charge in [0, 0.05) is 39.8 Å². The Morgan fingerprint density at radius 1 is 1.24 bits per heavy atom. The van der Waals surface area contributed by atoms with E-state index in [2.05, 4.69) is 34.3 Å². The van der Waals surface area contributed by atoms with Crippen molar-refractivity contribution in [1.29, 1.82) is 0 Å². The molecule has 25 heavy (non-hydrogen) atoms. The first-order valence-corrected chi connectivity index (χ1v) is 8.94. The molecule has 2 rings (SSSR count). The number of likely N-dealkylation sites (N-methyl/N-ethyl adjacent to an activating group) is 2. The lowest BCUT2D eigenvalue weighted by molar-refractivity contribution is 0.0523. The molecule has 1 aromatic carbocycles. The number of rotatable bonds is 6. The fraction of sp³-hybridized carbons (Fsp3) is 0.632. The number of hydrogen-bond acceptors (Lipinski definition) is 4.